The Bertz CT molecular complexity index is 498. The van der Waals surface area contributed by atoms with E-state index in [0.29, 0.717) is 17.7 Å². The van der Waals surface area contributed by atoms with Crippen molar-refractivity contribution < 1.29 is 9.18 Å². The molecular formula is C18H24FNO. The van der Waals surface area contributed by atoms with Crippen molar-refractivity contribution in [3.8, 4) is 0 Å². The van der Waals surface area contributed by atoms with Gasteiger partial charge in [-0.3, -0.25) is 4.79 Å². The van der Waals surface area contributed by atoms with E-state index in [1.165, 1.54) is 18.9 Å². The van der Waals surface area contributed by atoms with E-state index in [4.69, 9.17) is 0 Å². The van der Waals surface area contributed by atoms with Gasteiger partial charge in [0, 0.05) is 19.0 Å². The van der Waals surface area contributed by atoms with Crippen molar-refractivity contribution >= 4 is 5.91 Å². The van der Waals surface area contributed by atoms with E-state index in [-0.39, 0.29) is 5.82 Å². The minimum atomic E-state index is -0.155. The number of piperidine rings is 1. The summed E-state index contributed by atoms with van der Waals surface area (Å²) in [6.45, 7) is 1.84. The molecule has 1 aromatic carbocycles. The molecule has 1 atom stereocenters. The van der Waals surface area contributed by atoms with E-state index >= 15 is 0 Å². The lowest BCUT2D eigenvalue weighted by atomic mass is 9.83. The van der Waals surface area contributed by atoms with Crippen LogP contribution in [0.1, 0.15) is 44.1 Å². The molecule has 1 aliphatic carbocycles. The molecule has 2 nitrogen and oxygen atoms in total. The Kier molecular flexibility index (Phi) is 4.57. The average molecular weight is 289 g/mol. The van der Waals surface area contributed by atoms with Crippen molar-refractivity contribution in [2.24, 2.45) is 11.8 Å². The van der Waals surface area contributed by atoms with Crippen LogP contribution in [0.5, 0.6) is 0 Å². The highest BCUT2D eigenvalue weighted by Gasteiger charge is 2.31. The van der Waals surface area contributed by atoms with Gasteiger partial charge in [-0.2, -0.15) is 0 Å². The maximum absolute atomic E-state index is 13.2. The second kappa shape index (κ2) is 6.59. The Morgan fingerprint density at radius 3 is 2.81 bits per heavy atom. The van der Waals surface area contributed by atoms with E-state index in [9.17, 15) is 9.18 Å². The molecule has 21 heavy (non-hydrogen) atoms. The largest absolute Gasteiger partial charge is 0.342 e. The first-order valence-electron chi connectivity index (χ1n) is 8.25. The number of halogens is 1. The van der Waals surface area contributed by atoms with Gasteiger partial charge in [0.2, 0.25) is 5.91 Å². The quantitative estimate of drug-likeness (QED) is 0.825. The number of rotatable bonds is 4. The second-order valence-electron chi connectivity index (χ2n) is 6.59. The summed E-state index contributed by atoms with van der Waals surface area (Å²) >= 11 is 0. The van der Waals surface area contributed by atoms with E-state index < -0.39 is 0 Å². The molecule has 1 aromatic rings. The number of hydrogen-bond acceptors (Lipinski definition) is 1. The molecule has 0 unspecified atom stereocenters. The Hall–Kier alpha value is -1.38. The molecule has 3 heteroatoms. The fraction of sp³-hybridized carbons (Fsp3) is 0.611. The molecule has 2 fully saturated rings. The van der Waals surface area contributed by atoms with Gasteiger partial charge in [0.1, 0.15) is 5.82 Å². The van der Waals surface area contributed by atoms with E-state index in [2.05, 4.69) is 4.90 Å². The molecule has 2 aliphatic rings. The smallest absolute Gasteiger partial charge is 0.225 e. The van der Waals surface area contributed by atoms with Crippen molar-refractivity contribution in [1.29, 1.82) is 0 Å². The first-order valence-corrected chi connectivity index (χ1v) is 8.25. The Labute approximate surface area is 126 Å². The molecule has 1 saturated carbocycles. The van der Waals surface area contributed by atoms with Crippen LogP contribution in [0.3, 0.4) is 0 Å². The SMILES string of the molecule is O=C(C1CCC1)N1CCC[C@@H](CCc2cccc(F)c2)C1. The highest BCUT2D eigenvalue weighted by Crippen LogP contribution is 2.30. The van der Waals surface area contributed by atoms with Crippen molar-refractivity contribution in [2.45, 2.75) is 44.9 Å². The first kappa shape index (κ1) is 14.6. The molecule has 0 radical (unpaired) electrons. The van der Waals surface area contributed by atoms with Gasteiger partial charge in [-0.05, 0) is 62.1 Å². The van der Waals surface area contributed by atoms with Crippen molar-refractivity contribution in [3.63, 3.8) is 0 Å². The van der Waals surface area contributed by atoms with Crippen LogP contribution >= 0.6 is 0 Å². The summed E-state index contributed by atoms with van der Waals surface area (Å²) in [6, 6.07) is 6.88. The lowest BCUT2D eigenvalue weighted by Crippen LogP contribution is -2.44. The molecule has 114 valence electrons. The van der Waals surface area contributed by atoms with Gasteiger partial charge in [-0.1, -0.05) is 18.6 Å². The third-order valence-electron chi connectivity index (χ3n) is 5.02. The third-order valence-corrected chi connectivity index (χ3v) is 5.02. The lowest BCUT2D eigenvalue weighted by molar-refractivity contribution is -0.140. The van der Waals surface area contributed by atoms with Gasteiger partial charge < -0.3 is 4.90 Å². The predicted octanol–water partition coefficient (Wildman–Crippen LogP) is 3.80. The van der Waals surface area contributed by atoms with Crippen LogP contribution in [0.25, 0.3) is 0 Å². The van der Waals surface area contributed by atoms with Crippen LogP contribution in [0.4, 0.5) is 4.39 Å². The van der Waals surface area contributed by atoms with Crippen molar-refractivity contribution in [1.82, 2.24) is 4.90 Å². The number of benzene rings is 1. The van der Waals surface area contributed by atoms with Crippen LogP contribution in [-0.2, 0) is 11.2 Å². The number of carbonyl (C=O) groups is 1. The predicted molar refractivity (Wildman–Crippen MR) is 81.4 cm³/mol. The fourth-order valence-electron chi connectivity index (χ4n) is 3.48. The highest BCUT2D eigenvalue weighted by atomic mass is 19.1. The standard InChI is InChI=1S/C18H24FNO/c19-17-8-1-4-14(12-17)9-10-15-5-3-11-20(13-15)18(21)16-6-2-7-16/h1,4,8,12,15-16H,2-3,5-7,9-11,13H2/t15-/m0/s1. The molecule has 0 spiro atoms. The maximum Gasteiger partial charge on any atom is 0.225 e. The highest BCUT2D eigenvalue weighted by molar-refractivity contribution is 5.79. The zero-order valence-electron chi connectivity index (χ0n) is 12.6. The number of nitrogens with zero attached hydrogens (tertiary/aromatic N) is 1. The third kappa shape index (κ3) is 3.63. The zero-order chi connectivity index (χ0) is 14.7. The van der Waals surface area contributed by atoms with Crippen LogP contribution in [-0.4, -0.2) is 23.9 Å². The van der Waals surface area contributed by atoms with Gasteiger partial charge in [0.25, 0.3) is 0 Å². The summed E-state index contributed by atoms with van der Waals surface area (Å²) in [5.41, 5.74) is 1.07. The fourth-order valence-corrected chi connectivity index (χ4v) is 3.48. The molecule has 3 rings (SSSR count). The molecule has 1 heterocycles. The van der Waals surface area contributed by atoms with Crippen LogP contribution in [0.15, 0.2) is 24.3 Å². The summed E-state index contributed by atoms with van der Waals surface area (Å²) in [5, 5.41) is 0. The second-order valence-corrected chi connectivity index (χ2v) is 6.59. The molecule has 0 aromatic heterocycles. The number of aryl methyl sites for hydroxylation is 1. The Morgan fingerprint density at radius 2 is 2.10 bits per heavy atom. The van der Waals surface area contributed by atoms with Gasteiger partial charge >= 0.3 is 0 Å². The summed E-state index contributed by atoms with van der Waals surface area (Å²) in [4.78, 5) is 14.4. The Balaban J connectivity index is 1.50. The summed E-state index contributed by atoms with van der Waals surface area (Å²) in [7, 11) is 0. The summed E-state index contributed by atoms with van der Waals surface area (Å²) in [6.07, 6.45) is 7.67. The zero-order valence-corrected chi connectivity index (χ0v) is 12.6. The minimum Gasteiger partial charge on any atom is -0.342 e. The number of carbonyl (C=O) groups excluding carboxylic acids is 1. The summed E-state index contributed by atoms with van der Waals surface area (Å²) < 4.78 is 13.2. The van der Waals surface area contributed by atoms with Crippen LogP contribution < -0.4 is 0 Å². The molecule has 0 bridgehead atoms. The van der Waals surface area contributed by atoms with Crippen LogP contribution in [0, 0.1) is 17.7 Å². The van der Waals surface area contributed by atoms with Gasteiger partial charge in [0.05, 0.1) is 0 Å². The molecule has 0 N–H and O–H groups in total. The van der Waals surface area contributed by atoms with Crippen molar-refractivity contribution in [2.75, 3.05) is 13.1 Å². The summed E-state index contributed by atoms with van der Waals surface area (Å²) in [5.74, 6) is 1.12. The average Bonchev–Trinajstić information content (AvgIpc) is 2.44. The van der Waals surface area contributed by atoms with E-state index in [1.807, 2.05) is 6.07 Å². The normalized spacial score (nSPS) is 22.9. The van der Waals surface area contributed by atoms with Gasteiger partial charge in [-0.25, -0.2) is 4.39 Å². The van der Waals surface area contributed by atoms with Gasteiger partial charge in [-0.15, -0.1) is 0 Å². The monoisotopic (exact) mass is 289 g/mol. The Morgan fingerprint density at radius 1 is 1.24 bits per heavy atom. The van der Waals surface area contributed by atoms with Crippen LogP contribution in [0.2, 0.25) is 0 Å². The lowest BCUT2D eigenvalue weighted by Gasteiger charge is -2.37. The first-order chi connectivity index (χ1) is 10.2. The van der Waals surface area contributed by atoms with Gasteiger partial charge in [0.15, 0.2) is 0 Å². The maximum atomic E-state index is 13.2. The number of hydrogen-bond donors (Lipinski definition) is 0. The number of likely N-dealkylation sites (tertiary alicyclic amines) is 1. The van der Waals surface area contributed by atoms with E-state index in [1.54, 1.807) is 12.1 Å². The molecule has 1 aliphatic heterocycles. The minimum absolute atomic E-state index is 0.155. The molecule has 1 saturated heterocycles. The van der Waals surface area contributed by atoms with E-state index in [0.717, 1.165) is 50.8 Å². The topological polar surface area (TPSA) is 20.3 Å². The molecule has 1 amide bonds. The number of amides is 1. The molecular weight excluding hydrogens is 265 g/mol. The van der Waals surface area contributed by atoms with Crippen molar-refractivity contribution in [3.05, 3.63) is 35.6 Å².